The number of benzene rings is 2. The predicted octanol–water partition coefficient (Wildman–Crippen LogP) is 4.35. The van der Waals surface area contributed by atoms with E-state index in [-0.39, 0.29) is 11.7 Å². The van der Waals surface area contributed by atoms with Crippen LogP contribution in [0.1, 0.15) is 10.4 Å². The van der Waals surface area contributed by atoms with Crippen LogP contribution in [0.15, 0.2) is 65.1 Å². The summed E-state index contributed by atoms with van der Waals surface area (Å²) in [6, 6.07) is 14.3. The summed E-state index contributed by atoms with van der Waals surface area (Å²) in [5, 5.41) is 0. The van der Waals surface area contributed by atoms with Crippen LogP contribution in [-0.2, 0) is 22.8 Å². The maximum atomic E-state index is 12.9. The first-order valence-corrected chi connectivity index (χ1v) is 11.5. The van der Waals surface area contributed by atoms with Crippen molar-refractivity contribution in [1.29, 1.82) is 0 Å². The summed E-state index contributed by atoms with van der Waals surface area (Å²) >= 11 is 1.59. The number of anilines is 1. The van der Waals surface area contributed by atoms with Crippen LogP contribution in [0.4, 0.5) is 11.4 Å². The Morgan fingerprint density at radius 1 is 1.21 bits per heavy atom. The van der Waals surface area contributed by atoms with Crippen LogP contribution in [-0.4, -0.2) is 25.7 Å². The van der Waals surface area contributed by atoms with Crippen molar-refractivity contribution >= 4 is 32.5 Å². The molecule has 7 heteroatoms. The molecule has 1 aliphatic rings. The van der Waals surface area contributed by atoms with Gasteiger partial charge in [-0.3, -0.25) is 4.98 Å². The summed E-state index contributed by atoms with van der Waals surface area (Å²) in [6.45, 7) is 8.64. The second-order valence-corrected chi connectivity index (χ2v) is 9.94. The fourth-order valence-electron chi connectivity index (χ4n) is 3.70. The minimum Gasteiger partial charge on any atom is -0.366 e. The summed E-state index contributed by atoms with van der Waals surface area (Å²) < 4.78 is 25.8. The molecular weight excluding hydrogens is 390 g/mol. The van der Waals surface area contributed by atoms with Crippen molar-refractivity contribution in [3.05, 3.63) is 82.1 Å². The van der Waals surface area contributed by atoms with Gasteiger partial charge in [0, 0.05) is 23.3 Å². The van der Waals surface area contributed by atoms with Gasteiger partial charge in [0.05, 0.1) is 29.3 Å². The third-order valence-corrected chi connectivity index (χ3v) is 7.57. The highest BCUT2D eigenvalue weighted by molar-refractivity contribution is 7.91. The predicted molar refractivity (Wildman–Crippen MR) is 112 cm³/mol. The van der Waals surface area contributed by atoms with E-state index in [1.54, 1.807) is 41.1 Å². The van der Waals surface area contributed by atoms with E-state index in [2.05, 4.69) is 14.7 Å². The van der Waals surface area contributed by atoms with Crippen LogP contribution in [0.5, 0.6) is 0 Å². The lowest BCUT2D eigenvalue weighted by atomic mass is 9.93. The molecule has 1 aliphatic heterocycles. The maximum absolute atomic E-state index is 12.9. The number of thiazole rings is 1. The summed E-state index contributed by atoms with van der Waals surface area (Å²) in [5.41, 5.74) is 4.51. The number of rotatable bonds is 5. The minimum atomic E-state index is -3.36. The molecule has 0 radical (unpaired) electrons. The molecule has 0 saturated heterocycles. The Labute approximate surface area is 169 Å². The van der Waals surface area contributed by atoms with Gasteiger partial charge in [0.2, 0.25) is 0 Å². The lowest BCUT2D eigenvalue weighted by Gasteiger charge is -2.36. The van der Waals surface area contributed by atoms with E-state index in [1.165, 1.54) is 0 Å². The first-order valence-electron chi connectivity index (χ1n) is 8.95. The van der Waals surface area contributed by atoms with Gasteiger partial charge >= 0.3 is 0 Å². The zero-order chi connectivity index (χ0) is 19.6. The third-order valence-electron chi connectivity index (χ3n) is 4.91. The van der Waals surface area contributed by atoms with Crippen molar-refractivity contribution in [3.8, 4) is 0 Å². The molecule has 5 nitrogen and oxygen atoms in total. The Bertz CT molecular complexity index is 1100. The summed E-state index contributed by atoms with van der Waals surface area (Å²) in [4.78, 5) is 11.4. The molecule has 0 N–H and O–H groups in total. The maximum Gasteiger partial charge on any atom is 0.187 e. The molecule has 2 heterocycles. The average Bonchev–Trinajstić information content (AvgIpc) is 3.21. The molecule has 0 amide bonds. The zero-order valence-corrected chi connectivity index (χ0v) is 16.8. The number of hydrogen-bond donors (Lipinski definition) is 0. The van der Waals surface area contributed by atoms with Crippen molar-refractivity contribution in [2.75, 3.05) is 17.2 Å². The van der Waals surface area contributed by atoms with Crippen molar-refractivity contribution < 1.29 is 8.42 Å². The third kappa shape index (κ3) is 3.93. The smallest absolute Gasteiger partial charge is 0.187 e. The van der Waals surface area contributed by atoms with E-state index in [0.717, 1.165) is 16.1 Å². The second-order valence-electron chi connectivity index (χ2n) is 6.94. The molecule has 0 saturated carbocycles. The monoisotopic (exact) mass is 409 g/mol. The standard InChI is InChI=1S/C21H19N3O2S2/c1-22-18-7-8-21-17(10-18)9-16(12-24(21)13-19-11-23-15-27-19)14-28(25,26)20-5-3-2-4-6-20/h2-8,10-11,15-16H,9,12-14H2/t16-/m1/s1. The SMILES string of the molecule is [C-]#[N+]c1ccc2c(c1)C[C@@H](CS(=O)(=O)c1ccccc1)CN2Cc1cncs1. The number of fused-ring (bicyclic) bond motifs is 1. The van der Waals surface area contributed by atoms with Crippen molar-refractivity contribution in [1.82, 2.24) is 4.98 Å². The van der Waals surface area contributed by atoms with Crippen LogP contribution in [0.3, 0.4) is 0 Å². The molecule has 0 fully saturated rings. The molecule has 28 heavy (non-hydrogen) atoms. The van der Waals surface area contributed by atoms with Gasteiger partial charge in [0.15, 0.2) is 15.5 Å². The number of nitrogens with zero attached hydrogens (tertiary/aromatic N) is 3. The number of sulfone groups is 1. The highest BCUT2D eigenvalue weighted by Gasteiger charge is 2.29. The molecule has 0 bridgehead atoms. The lowest BCUT2D eigenvalue weighted by Crippen LogP contribution is -2.37. The van der Waals surface area contributed by atoms with Gasteiger partial charge in [0.25, 0.3) is 0 Å². The van der Waals surface area contributed by atoms with Gasteiger partial charge in [0.1, 0.15) is 0 Å². The molecule has 3 aromatic rings. The molecule has 1 aromatic heterocycles. The van der Waals surface area contributed by atoms with Crippen molar-refractivity contribution in [3.63, 3.8) is 0 Å². The molecule has 2 aromatic carbocycles. The van der Waals surface area contributed by atoms with Crippen molar-refractivity contribution in [2.24, 2.45) is 5.92 Å². The highest BCUT2D eigenvalue weighted by atomic mass is 32.2. The molecule has 0 unspecified atom stereocenters. The average molecular weight is 410 g/mol. The Hall–Kier alpha value is -2.69. The summed E-state index contributed by atoms with van der Waals surface area (Å²) in [5.74, 6) is 0.0596. The van der Waals surface area contributed by atoms with Crippen molar-refractivity contribution in [2.45, 2.75) is 17.9 Å². The largest absolute Gasteiger partial charge is 0.366 e. The second kappa shape index (κ2) is 7.74. The van der Waals surface area contributed by atoms with E-state index < -0.39 is 9.84 Å². The number of aromatic nitrogens is 1. The van der Waals surface area contributed by atoms with Gasteiger partial charge in [-0.1, -0.05) is 30.3 Å². The van der Waals surface area contributed by atoms with Gasteiger partial charge in [-0.2, -0.15) is 0 Å². The van der Waals surface area contributed by atoms with E-state index in [9.17, 15) is 8.42 Å². The molecule has 4 rings (SSSR count). The van der Waals surface area contributed by atoms with Crippen LogP contribution in [0.2, 0.25) is 0 Å². The highest BCUT2D eigenvalue weighted by Crippen LogP contribution is 2.35. The quantitative estimate of drug-likeness (QED) is 0.588. The van der Waals surface area contributed by atoms with E-state index in [1.807, 2.05) is 30.5 Å². The van der Waals surface area contributed by atoms with E-state index in [0.29, 0.717) is 30.1 Å². The van der Waals surface area contributed by atoms with Gasteiger partial charge in [-0.25, -0.2) is 13.3 Å². The molecule has 1 atom stereocenters. The van der Waals surface area contributed by atoms with Crippen LogP contribution < -0.4 is 4.90 Å². The Morgan fingerprint density at radius 3 is 2.75 bits per heavy atom. The first-order chi connectivity index (χ1) is 13.5. The van der Waals surface area contributed by atoms with Crippen LogP contribution in [0, 0.1) is 12.5 Å². The van der Waals surface area contributed by atoms with Crippen LogP contribution in [0.25, 0.3) is 4.85 Å². The first kappa shape index (κ1) is 18.7. The lowest BCUT2D eigenvalue weighted by molar-refractivity contribution is 0.517. The summed E-state index contributed by atoms with van der Waals surface area (Å²) in [6.07, 6.45) is 2.51. The Morgan fingerprint density at radius 2 is 2.04 bits per heavy atom. The fourth-order valence-corrected chi connectivity index (χ4v) is 5.92. The molecule has 0 aliphatic carbocycles. The van der Waals surface area contributed by atoms with Gasteiger partial charge < -0.3 is 4.90 Å². The normalized spacial score (nSPS) is 16.4. The fraction of sp³-hybridized carbons (Fsp3) is 0.238. The molecular formula is C21H19N3O2S2. The topological polar surface area (TPSA) is 54.6 Å². The Balaban J connectivity index is 1.63. The van der Waals surface area contributed by atoms with Gasteiger partial charge in [-0.05, 0) is 36.1 Å². The molecule has 0 spiro atoms. The van der Waals surface area contributed by atoms with E-state index >= 15 is 0 Å². The summed E-state index contributed by atoms with van der Waals surface area (Å²) in [7, 11) is -3.36. The number of hydrogen-bond acceptors (Lipinski definition) is 5. The molecule has 142 valence electrons. The van der Waals surface area contributed by atoms with Crippen LogP contribution >= 0.6 is 11.3 Å². The van der Waals surface area contributed by atoms with Gasteiger partial charge in [-0.15, -0.1) is 11.3 Å². The Kier molecular flexibility index (Phi) is 5.16. The van der Waals surface area contributed by atoms with E-state index in [4.69, 9.17) is 6.57 Å². The zero-order valence-electron chi connectivity index (χ0n) is 15.2. The minimum absolute atomic E-state index is 0.0355.